The molecular weight excluding hydrogens is 234 g/mol. The largest absolute Gasteiger partial charge is 0.440 e. The zero-order valence-corrected chi connectivity index (χ0v) is 10.5. The molecule has 2 aromatic heterocycles. The summed E-state index contributed by atoms with van der Waals surface area (Å²) in [5, 5.41) is 3.97. The molecule has 4 nitrogen and oxygen atoms in total. The van der Waals surface area contributed by atoms with Crippen molar-refractivity contribution in [3.63, 3.8) is 0 Å². The molecule has 2 heterocycles. The van der Waals surface area contributed by atoms with Crippen LogP contribution in [-0.2, 0) is 5.75 Å². The van der Waals surface area contributed by atoms with E-state index in [1.165, 1.54) is 5.56 Å². The van der Waals surface area contributed by atoms with E-state index in [4.69, 9.17) is 4.42 Å². The Labute approximate surface area is 105 Å². The third-order valence-electron chi connectivity index (χ3n) is 2.15. The van der Waals surface area contributed by atoms with Crippen molar-refractivity contribution in [2.75, 3.05) is 11.9 Å². The number of aromatic nitrogens is 2. The quantitative estimate of drug-likeness (QED) is 0.797. The van der Waals surface area contributed by atoms with Crippen molar-refractivity contribution in [3.05, 3.63) is 36.4 Å². The number of nitrogens with one attached hydrogen (secondary N) is 1. The number of hydrogen-bond donors (Lipinski definition) is 1. The first-order valence-electron chi connectivity index (χ1n) is 5.59. The first-order valence-corrected chi connectivity index (χ1v) is 6.58. The van der Waals surface area contributed by atoms with Crippen molar-refractivity contribution < 1.29 is 4.42 Å². The summed E-state index contributed by atoms with van der Waals surface area (Å²) in [5.41, 5.74) is 1.21. The highest BCUT2D eigenvalue weighted by Gasteiger charge is 2.01. The topological polar surface area (TPSA) is 51.0 Å². The lowest BCUT2D eigenvalue weighted by Crippen LogP contribution is -2.01. The number of anilines is 1. The molecule has 0 bridgehead atoms. The van der Waals surface area contributed by atoms with Gasteiger partial charge in [0.1, 0.15) is 12.1 Å². The molecule has 0 radical (unpaired) electrons. The lowest BCUT2D eigenvalue weighted by molar-refractivity contribution is 0.454. The first kappa shape index (κ1) is 12.0. The van der Waals surface area contributed by atoms with Gasteiger partial charge in [0.15, 0.2) is 0 Å². The average molecular weight is 249 g/mol. The molecule has 5 heteroatoms. The maximum Gasteiger partial charge on any atom is 0.255 e. The van der Waals surface area contributed by atoms with Crippen LogP contribution in [0.2, 0.25) is 0 Å². The number of oxazole rings is 1. The summed E-state index contributed by atoms with van der Waals surface area (Å²) < 4.78 is 5.17. The van der Waals surface area contributed by atoms with Gasteiger partial charge in [-0.15, -0.1) is 0 Å². The monoisotopic (exact) mass is 249 g/mol. The molecule has 0 aromatic carbocycles. The maximum atomic E-state index is 5.17. The highest BCUT2D eigenvalue weighted by Crippen LogP contribution is 2.21. The van der Waals surface area contributed by atoms with Crippen molar-refractivity contribution in [2.24, 2.45) is 0 Å². The Bertz CT molecular complexity index is 445. The SMILES string of the molecule is CCCNc1cc(CSc2ncco2)ccn1. The van der Waals surface area contributed by atoms with Gasteiger partial charge in [0.2, 0.25) is 0 Å². The second kappa shape index (κ2) is 6.30. The summed E-state index contributed by atoms with van der Waals surface area (Å²) in [6, 6.07) is 4.07. The van der Waals surface area contributed by atoms with E-state index < -0.39 is 0 Å². The van der Waals surface area contributed by atoms with Gasteiger partial charge >= 0.3 is 0 Å². The Kier molecular flexibility index (Phi) is 4.44. The molecule has 0 aliphatic carbocycles. The highest BCUT2D eigenvalue weighted by molar-refractivity contribution is 7.98. The molecule has 0 atom stereocenters. The van der Waals surface area contributed by atoms with Gasteiger partial charge in [0, 0.05) is 18.5 Å². The predicted molar refractivity (Wildman–Crippen MR) is 69.1 cm³/mol. The van der Waals surface area contributed by atoms with E-state index in [9.17, 15) is 0 Å². The zero-order chi connectivity index (χ0) is 11.9. The minimum Gasteiger partial charge on any atom is -0.440 e. The number of pyridine rings is 1. The van der Waals surface area contributed by atoms with Gasteiger partial charge in [0.05, 0.1) is 6.20 Å². The summed E-state index contributed by atoms with van der Waals surface area (Å²) in [7, 11) is 0. The molecule has 1 N–H and O–H groups in total. The van der Waals surface area contributed by atoms with Crippen LogP contribution in [0.1, 0.15) is 18.9 Å². The normalized spacial score (nSPS) is 10.4. The Balaban J connectivity index is 1.91. The lowest BCUT2D eigenvalue weighted by Gasteiger charge is -2.05. The second-order valence-corrected chi connectivity index (χ2v) is 4.49. The van der Waals surface area contributed by atoms with Crippen molar-refractivity contribution >= 4 is 17.6 Å². The second-order valence-electron chi connectivity index (χ2n) is 3.56. The van der Waals surface area contributed by atoms with Crippen molar-refractivity contribution in [1.82, 2.24) is 9.97 Å². The fourth-order valence-electron chi connectivity index (χ4n) is 1.34. The highest BCUT2D eigenvalue weighted by atomic mass is 32.2. The molecular formula is C12H15N3OS. The number of nitrogens with zero attached hydrogens (tertiary/aromatic N) is 2. The average Bonchev–Trinajstić information content (AvgIpc) is 2.87. The standard InChI is InChI=1S/C12H15N3OS/c1-2-4-13-11-8-10(3-5-14-11)9-17-12-15-6-7-16-12/h3,5-8H,2,4,9H2,1H3,(H,13,14). The van der Waals surface area contributed by atoms with Gasteiger partial charge in [0.25, 0.3) is 5.22 Å². The van der Waals surface area contributed by atoms with Crippen LogP contribution in [0.25, 0.3) is 0 Å². The van der Waals surface area contributed by atoms with Gasteiger partial charge in [-0.1, -0.05) is 18.7 Å². The fraction of sp³-hybridized carbons (Fsp3) is 0.333. The third-order valence-corrected chi connectivity index (χ3v) is 3.08. The van der Waals surface area contributed by atoms with Crippen LogP contribution in [0.5, 0.6) is 0 Å². The van der Waals surface area contributed by atoms with Crippen molar-refractivity contribution in [1.29, 1.82) is 0 Å². The smallest absolute Gasteiger partial charge is 0.255 e. The molecule has 0 aliphatic rings. The van der Waals surface area contributed by atoms with Gasteiger partial charge < -0.3 is 9.73 Å². The summed E-state index contributed by atoms with van der Waals surface area (Å²) >= 11 is 1.58. The van der Waals surface area contributed by atoms with E-state index in [1.807, 2.05) is 12.3 Å². The molecule has 2 rings (SSSR count). The Morgan fingerprint density at radius 1 is 1.35 bits per heavy atom. The summed E-state index contributed by atoms with van der Waals surface area (Å²) in [4.78, 5) is 8.33. The van der Waals surface area contributed by atoms with Gasteiger partial charge in [-0.2, -0.15) is 0 Å². The minimum atomic E-state index is 0.699. The lowest BCUT2D eigenvalue weighted by atomic mass is 10.3. The van der Waals surface area contributed by atoms with Crippen LogP contribution < -0.4 is 5.32 Å². The van der Waals surface area contributed by atoms with Crippen LogP contribution in [0.3, 0.4) is 0 Å². The number of rotatable bonds is 6. The van der Waals surface area contributed by atoms with Crippen LogP contribution in [0.15, 0.2) is 40.4 Å². The molecule has 0 saturated carbocycles. The molecule has 0 amide bonds. The van der Waals surface area contributed by atoms with Gasteiger partial charge in [-0.3, -0.25) is 0 Å². The van der Waals surface area contributed by atoms with Crippen LogP contribution >= 0.6 is 11.8 Å². The van der Waals surface area contributed by atoms with E-state index in [-0.39, 0.29) is 0 Å². The van der Waals surface area contributed by atoms with Crippen LogP contribution in [-0.4, -0.2) is 16.5 Å². The van der Waals surface area contributed by atoms with Crippen molar-refractivity contribution in [2.45, 2.75) is 24.3 Å². The predicted octanol–water partition coefficient (Wildman–Crippen LogP) is 3.18. The third kappa shape index (κ3) is 3.78. The summed E-state index contributed by atoms with van der Waals surface area (Å²) in [6.07, 6.45) is 6.16. The van der Waals surface area contributed by atoms with E-state index >= 15 is 0 Å². The van der Waals surface area contributed by atoms with E-state index in [2.05, 4.69) is 28.3 Å². The zero-order valence-electron chi connectivity index (χ0n) is 9.72. The molecule has 0 fully saturated rings. The molecule has 90 valence electrons. The van der Waals surface area contributed by atoms with E-state index in [0.717, 1.165) is 24.5 Å². The van der Waals surface area contributed by atoms with Gasteiger partial charge in [-0.25, -0.2) is 9.97 Å². The van der Waals surface area contributed by atoms with Crippen LogP contribution in [0.4, 0.5) is 5.82 Å². The number of hydrogen-bond acceptors (Lipinski definition) is 5. The Hall–Kier alpha value is -1.49. The summed E-state index contributed by atoms with van der Waals surface area (Å²) in [5.74, 6) is 1.77. The summed E-state index contributed by atoms with van der Waals surface area (Å²) in [6.45, 7) is 3.08. The molecule has 0 aliphatic heterocycles. The molecule has 2 aromatic rings. The van der Waals surface area contributed by atoms with Crippen LogP contribution in [0, 0.1) is 0 Å². The first-order chi connectivity index (χ1) is 8.38. The number of thioether (sulfide) groups is 1. The maximum absolute atomic E-state index is 5.17. The van der Waals surface area contributed by atoms with Crippen molar-refractivity contribution in [3.8, 4) is 0 Å². The van der Waals surface area contributed by atoms with E-state index in [0.29, 0.717) is 5.22 Å². The Morgan fingerprint density at radius 2 is 2.29 bits per heavy atom. The molecule has 17 heavy (non-hydrogen) atoms. The van der Waals surface area contributed by atoms with Gasteiger partial charge in [-0.05, 0) is 24.1 Å². The minimum absolute atomic E-state index is 0.699. The van der Waals surface area contributed by atoms with E-state index in [1.54, 1.807) is 24.2 Å². The fourth-order valence-corrected chi connectivity index (χ4v) is 2.07. The Morgan fingerprint density at radius 3 is 3.06 bits per heavy atom. The molecule has 0 unspecified atom stereocenters. The molecule has 0 saturated heterocycles. The molecule has 0 spiro atoms.